The van der Waals surface area contributed by atoms with Crippen LogP contribution in [-0.4, -0.2) is 21.6 Å². The van der Waals surface area contributed by atoms with E-state index < -0.39 is 0 Å². The fourth-order valence-electron chi connectivity index (χ4n) is 3.47. The van der Waals surface area contributed by atoms with Crippen LogP contribution in [0.4, 0.5) is 5.82 Å². The first kappa shape index (κ1) is 15.8. The second-order valence-electron chi connectivity index (χ2n) is 6.53. The normalized spacial score (nSPS) is 15.8. The van der Waals surface area contributed by atoms with Crippen molar-refractivity contribution in [2.24, 2.45) is 0 Å². The summed E-state index contributed by atoms with van der Waals surface area (Å²) in [6, 6.07) is 20.3. The molecule has 0 radical (unpaired) electrons. The molecule has 0 saturated heterocycles. The average Bonchev–Trinajstić information content (AvgIpc) is 2.74. The van der Waals surface area contributed by atoms with Gasteiger partial charge in [-0.1, -0.05) is 30.3 Å². The van der Waals surface area contributed by atoms with Gasteiger partial charge in [-0.15, -0.1) is 0 Å². The largest absolute Gasteiger partial charge is 0.493 e. The second kappa shape index (κ2) is 6.68. The Morgan fingerprint density at radius 2 is 1.81 bits per heavy atom. The summed E-state index contributed by atoms with van der Waals surface area (Å²) in [4.78, 5) is 13.8. The van der Waals surface area contributed by atoms with E-state index in [1.165, 1.54) is 0 Å². The summed E-state index contributed by atoms with van der Waals surface area (Å²) in [5, 5.41) is 4.65. The zero-order valence-electron chi connectivity index (χ0n) is 14.7. The van der Waals surface area contributed by atoms with Crippen molar-refractivity contribution in [3.05, 3.63) is 78.6 Å². The Morgan fingerprint density at radius 3 is 2.74 bits per heavy atom. The molecule has 2 aromatic carbocycles. The van der Waals surface area contributed by atoms with E-state index in [0.29, 0.717) is 12.4 Å². The molecular formula is C22H18N4O. The third-order valence-electron chi connectivity index (χ3n) is 4.79. The Kier molecular flexibility index (Phi) is 3.90. The zero-order chi connectivity index (χ0) is 18.1. The highest BCUT2D eigenvalue weighted by atomic mass is 16.5. The summed E-state index contributed by atoms with van der Waals surface area (Å²) in [6.07, 6.45) is 4.43. The first-order chi connectivity index (χ1) is 13.4. The van der Waals surface area contributed by atoms with Crippen molar-refractivity contribution in [3.63, 3.8) is 0 Å². The summed E-state index contributed by atoms with van der Waals surface area (Å²) >= 11 is 0. The van der Waals surface area contributed by atoms with Crippen LogP contribution in [0.2, 0.25) is 0 Å². The summed E-state index contributed by atoms with van der Waals surface area (Å²) in [6.45, 7) is 0.688. The fourth-order valence-corrected chi connectivity index (χ4v) is 3.47. The van der Waals surface area contributed by atoms with Gasteiger partial charge in [-0.25, -0.2) is 9.97 Å². The number of para-hydroxylation sites is 2. The zero-order valence-corrected chi connectivity index (χ0v) is 14.7. The molecule has 1 aliphatic heterocycles. The van der Waals surface area contributed by atoms with Gasteiger partial charge in [0.2, 0.25) is 0 Å². The molecule has 0 bridgehead atoms. The van der Waals surface area contributed by atoms with Crippen molar-refractivity contribution in [1.29, 1.82) is 0 Å². The topological polar surface area (TPSA) is 59.9 Å². The number of nitrogens with one attached hydrogen (secondary N) is 1. The third-order valence-corrected chi connectivity index (χ3v) is 4.79. The van der Waals surface area contributed by atoms with Gasteiger partial charge in [-0.3, -0.25) is 4.98 Å². The second-order valence-corrected chi connectivity index (χ2v) is 6.53. The van der Waals surface area contributed by atoms with Crippen LogP contribution < -0.4 is 10.1 Å². The molecule has 27 heavy (non-hydrogen) atoms. The molecule has 1 atom stereocenters. The number of aromatic nitrogens is 3. The number of fused-ring (bicyclic) bond motifs is 2. The third kappa shape index (κ3) is 2.97. The predicted molar refractivity (Wildman–Crippen MR) is 106 cm³/mol. The van der Waals surface area contributed by atoms with Crippen molar-refractivity contribution in [2.75, 3.05) is 11.9 Å². The van der Waals surface area contributed by atoms with Crippen LogP contribution in [0.25, 0.3) is 22.3 Å². The first-order valence-electron chi connectivity index (χ1n) is 9.04. The van der Waals surface area contributed by atoms with Crippen LogP contribution in [0.1, 0.15) is 18.0 Å². The van der Waals surface area contributed by atoms with E-state index in [1.54, 1.807) is 12.4 Å². The van der Waals surface area contributed by atoms with E-state index in [2.05, 4.69) is 22.4 Å². The SMILES string of the molecule is c1cncc(-c2nc(NC3CCOc4ccccc43)c3ccccc3n2)c1. The van der Waals surface area contributed by atoms with Crippen LogP contribution in [-0.2, 0) is 0 Å². The number of benzene rings is 2. The molecule has 0 spiro atoms. The van der Waals surface area contributed by atoms with Gasteiger partial charge in [0.25, 0.3) is 0 Å². The first-order valence-corrected chi connectivity index (χ1v) is 9.04. The van der Waals surface area contributed by atoms with Crippen LogP contribution in [0.15, 0.2) is 73.1 Å². The molecular weight excluding hydrogens is 336 g/mol. The maximum Gasteiger partial charge on any atom is 0.163 e. The quantitative estimate of drug-likeness (QED) is 0.581. The molecule has 1 aliphatic rings. The van der Waals surface area contributed by atoms with Crippen LogP contribution in [0.3, 0.4) is 0 Å². The van der Waals surface area contributed by atoms with Gasteiger partial charge in [-0.2, -0.15) is 0 Å². The summed E-state index contributed by atoms with van der Waals surface area (Å²) in [7, 11) is 0. The Balaban J connectivity index is 1.61. The van der Waals surface area contributed by atoms with Gasteiger partial charge in [-0.05, 0) is 30.3 Å². The minimum atomic E-state index is 0.148. The maximum atomic E-state index is 5.79. The number of hydrogen-bond donors (Lipinski definition) is 1. The van der Waals surface area contributed by atoms with E-state index in [1.807, 2.05) is 48.5 Å². The lowest BCUT2D eigenvalue weighted by Crippen LogP contribution is -2.21. The Labute approximate surface area is 157 Å². The van der Waals surface area contributed by atoms with Crippen LogP contribution >= 0.6 is 0 Å². The van der Waals surface area contributed by atoms with E-state index in [4.69, 9.17) is 14.7 Å². The minimum Gasteiger partial charge on any atom is -0.493 e. The van der Waals surface area contributed by atoms with Gasteiger partial charge in [0.15, 0.2) is 5.82 Å². The van der Waals surface area contributed by atoms with Gasteiger partial charge in [0.05, 0.1) is 18.2 Å². The summed E-state index contributed by atoms with van der Waals surface area (Å²) in [5.41, 5.74) is 2.97. The molecule has 4 aromatic rings. The van der Waals surface area contributed by atoms with Crippen molar-refractivity contribution < 1.29 is 4.74 Å². The molecule has 3 heterocycles. The van der Waals surface area contributed by atoms with Crippen molar-refractivity contribution >= 4 is 16.7 Å². The number of hydrogen-bond acceptors (Lipinski definition) is 5. The average molecular weight is 354 g/mol. The molecule has 1 N–H and O–H groups in total. The number of rotatable bonds is 3. The van der Waals surface area contributed by atoms with Gasteiger partial charge >= 0.3 is 0 Å². The molecule has 5 heteroatoms. The molecule has 5 rings (SSSR count). The highest BCUT2D eigenvalue weighted by molar-refractivity contribution is 5.90. The number of ether oxygens (including phenoxy) is 1. The highest BCUT2D eigenvalue weighted by Gasteiger charge is 2.22. The van der Waals surface area contributed by atoms with Crippen LogP contribution in [0, 0.1) is 0 Å². The monoisotopic (exact) mass is 354 g/mol. The van der Waals surface area contributed by atoms with E-state index in [9.17, 15) is 0 Å². The fraction of sp³-hybridized carbons (Fsp3) is 0.136. The number of pyridine rings is 1. The molecule has 132 valence electrons. The number of anilines is 1. The van der Waals surface area contributed by atoms with Gasteiger partial charge < -0.3 is 10.1 Å². The Bertz CT molecular complexity index is 1100. The Morgan fingerprint density at radius 1 is 0.926 bits per heavy atom. The van der Waals surface area contributed by atoms with Crippen LogP contribution in [0.5, 0.6) is 5.75 Å². The minimum absolute atomic E-state index is 0.148. The van der Waals surface area contributed by atoms with Gasteiger partial charge in [0, 0.05) is 35.3 Å². The lowest BCUT2D eigenvalue weighted by Gasteiger charge is -2.27. The molecule has 0 amide bonds. The molecule has 0 fully saturated rings. The molecule has 0 saturated carbocycles. The molecule has 2 aromatic heterocycles. The van der Waals surface area contributed by atoms with Crippen molar-refractivity contribution in [3.8, 4) is 17.1 Å². The standard InChI is InChI=1S/C22H18N4O/c1-3-9-18-17(8-1)22(26-21(24-18)15-6-5-12-23-14-15)25-19-11-13-27-20-10-4-2-7-16(19)20/h1-10,12,14,19H,11,13H2,(H,24,25,26). The molecule has 0 aliphatic carbocycles. The van der Waals surface area contributed by atoms with Gasteiger partial charge in [0.1, 0.15) is 11.6 Å². The summed E-state index contributed by atoms with van der Waals surface area (Å²) < 4.78 is 5.79. The number of nitrogens with zero attached hydrogens (tertiary/aromatic N) is 3. The van der Waals surface area contributed by atoms with Crippen molar-refractivity contribution in [2.45, 2.75) is 12.5 Å². The predicted octanol–water partition coefficient (Wildman–Crippen LogP) is 4.63. The van der Waals surface area contributed by atoms with E-state index in [0.717, 1.165) is 40.0 Å². The highest BCUT2D eigenvalue weighted by Crippen LogP contribution is 2.35. The van der Waals surface area contributed by atoms with E-state index in [-0.39, 0.29) is 6.04 Å². The smallest absolute Gasteiger partial charge is 0.163 e. The Hall–Kier alpha value is -3.47. The maximum absolute atomic E-state index is 5.79. The van der Waals surface area contributed by atoms with E-state index >= 15 is 0 Å². The molecule has 1 unspecified atom stereocenters. The van der Waals surface area contributed by atoms with Crippen molar-refractivity contribution in [1.82, 2.24) is 15.0 Å². The molecule has 5 nitrogen and oxygen atoms in total. The lowest BCUT2D eigenvalue weighted by molar-refractivity contribution is 0.274. The summed E-state index contributed by atoms with van der Waals surface area (Å²) in [5.74, 6) is 2.44. The lowest BCUT2D eigenvalue weighted by atomic mass is 10.0.